The Labute approximate surface area is 168 Å². The summed E-state index contributed by atoms with van der Waals surface area (Å²) in [6, 6.07) is 24.3. The van der Waals surface area contributed by atoms with Crippen molar-refractivity contribution < 1.29 is 5.11 Å². The van der Waals surface area contributed by atoms with Crippen molar-refractivity contribution in [3.05, 3.63) is 89.5 Å². The van der Waals surface area contributed by atoms with E-state index in [2.05, 4.69) is 27.7 Å². The van der Waals surface area contributed by atoms with Crippen LogP contribution in [0.25, 0.3) is 0 Å². The van der Waals surface area contributed by atoms with Gasteiger partial charge in [-0.15, -0.1) is 0 Å². The van der Waals surface area contributed by atoms with E-state index >= 15 is 0 Å². The third kappa shape index (κ3) is 4.42. The lowest BCUT2D eigenvalue weighted by Crippen LogP contribution is -2.09. The van der Waals surface area contributed by atoms with E-state index in [9.17, 15) is 5.11 Å². The molecule has 0 aliphatic carbocycles. The van der Waals surface area contributed by atoms with Gasteiger partial charge in [0.15, 0.2) is 0 Å². The summed E-state index contributed by atoms with van der Waals surface area (Å²) in [7, 11) is 0. The van der Waals surface area contributed by atoms with E-state index in [1.165, 1.54) is 0 Å². The predicted molar refractivity (Wildman–Crippen MR) is 119 cm³/mol. The number of rotatable bonds is 6. The monoisotopic (exact) mass is 372 g/mol. The standard InChI is InChI=1S/C25H28N2O/c1-18(2)23-15-20(16-24(19(3)4)25(23)28)17-26-27(21-11-7-5-8-12-21)22-13-9-6-10-14-22/h5-19,28H,1-4H3/b26-17-. The van der Waals surface area contributed by atoms with Crippen molar-refractivity contribution in [3.8, 4) is 5.75 Å². The zero-order chi connectivity index (χ0) is 20.1. The van der Waals surface area contributed by atoms with Crippen LogP contribution in [0.5, 0.6) is 5.75 Å². The zero-order valence-electron chi connectivity index (χ0n) is 17.0. The van der Waals surface area contributed by atoms with Crippen molar-refractivity contribution in [3.63, 3.8) is 0 Å². The van der Waals surface area contributed by atoms with Gasteiger partial charge in [0.25, 0.3) is 0 Å². The maximum atomic E-state index is 10.6. The van der Waals surface area contributed by atoms with E-state index in [0.29, 0.717) is 5.75 Å². The molecule has 0 radical (unpaired) electrons. The van der Waals surface area contributed by atoms with Crippen molar-refractivity contribution in [2.75, 3.05) is 5.01 Å². The molecule has 0 heterocycles. The van der Waals surface area contributed by atoms with Gasteiger partial charge < -0.3 is 5.11 Å². The van der Waals surface area contributed by atoms with E-state index in [4.69, 9.17) is 5.10 Å². The van der Waals surface area contributed by atoms with Gasteiger partial charge in [-0.05, 0) is 64.9 Å². The Kier molecular flexibility index (Phi) is 6.15. The van der Waals surface area contributed by atoms with Crippen LogP contribution in [0.2, 0.25) is 0 Å². The highest BCUT2D eigenvalue weighted by Crippen LogP contribution is 2.34. The minimum Gasteiger partial charge on any atom is -0.507 e. The third-order valence-electron chi connectivity index (χ3n) is 4.76. The van der Waals surface area contributed by atoms with Gasteiger partial charge in [0.2, 0.25) is 0 Å². The second-order valence-corrected chi connectivity index (χ2v) is 7.58. The molecular formula is C25H28N2O. The molecule has 0 bridgehead atoms. The maximum Gasteiger partial charge on any atom is 0.122 e. The van der Waals surface area contributed by atoms with Crippen LogP contribution in [0, 0.1) is 0 Å². The van der Waals surface area contributed by atoms with Crippen molar-refractivity contribution in [2.45, 2.75) is 39.5 Å². The van der Waals surface area contributed by atoms with Gasteiger partial charge in [-0.2, -0.15) is 5.10 Å². The molecule has 0 aromatic heterocycles. The normalized spacial score (nSPS) is 11.5. The second kappa shape index (κ2) is 8.75. The fraction of sp³-hybridized carbons (Fsp3) is 0.240. The first-order valence-electron chi connectivity index (χ1n) is 9.78. The molecule has 0 saturated heterocycles. The largest absolute Gasteiger partial charge is 0.507 e. The molecule has 0 saturated carbocycles. The van der Waals surface area contributed by atoms with Gasteiger partial charge in [0, 0.05) is 0 Å². The van der Waals surface area contributed by atoms with Gasteiger partial charge in [0.05, 0.1) is 17.6 Å². The van der Waals surface area contributed by atoms with Crippen LogP contribution >= 0.6 is 0 Å². The van der Waals surface area contributed by atoms with Gasteiger partial charge in [-0.3, -0.25) is 0 Å². The summed E-state index contributed by atoms with van der Waals surface area (Å²) in [6.45, 7) is 8.39. The van der Waals surface area contributed by atoms with Crippen LogP contribution < -0.4 is 5.01 Å². The van der Waals surface area contributed by atoms with Crippen LogP contribution in [0.15, 0.2) is 77.9 Å². The third-order valence-corrected chi connectivity index (χ3v) is 4.76. The molecule has 0 atom stereocenters. The van der Waals surface area contributed by atoms with Crippen molar-refractivity contribution in [2.24, 2.45) is 5.10 Å². The van der Waals surface area contributed by atoms with Crippen LogP contribution in [0.1, 0.15) is 56.2 Å². The van der Waals surface area contributed by atoms with Gasteiger partial charge >= 0.3 is 0 Å². The highest BCUT2D eigenvalue weighted by atomic mass is 16.3. The van der Waals surface area contributed by atoms with E-state index < -0.39 is 0 Å². The molecule has 0 amide bonds. The van der Waals surface area contributed by atoms with Gasteiger partial charge in [-0.1, -0.05) is 64.1 Å². The molecule has 0 unspecified atom stereocenters. The predicted octanol–water partition coefficient (Wildman–Crippen LogP) is 6.81. The minimum atomic E-state index is 0.241. The molecule has 3 aromatic rings. The molecular weight excluding hydrogens is 344 g/mol. The number of anilines is 2. The summed E-state index contributed by atoms with van der Waals surface area (Å²) < 4.78 is 0. The summed E-state index contributed by atoms with van der Waals surface area (Å²) in [5.74, 6) is 0.889. The molecule has 3 rings (SSSR count). The Bertz CT molecular complexity index is 863. The van der Waals surface area contributed by atoms with Crippen molar-refractivity contribution >= 4 is 17.6 Å². The first-order valence-corrected chi connectivity index (χ1v) is 9.78. The van der Waals surface area contributed by atoms with Crippen LogP contribution in [0.3, 0.4) is 0 Å². The first-order chi connectivity index (χ1) is 13.5. The van der Waals surface area contributed by atoms with Crippen molar-refractivity contribution in [1.29, 1.82) is 0 Å². The molecule has 0 fully saturated rings. The number of aromatic hydroxyl groups is 1. The first kappa shape index (κ1) is 19.7. The Morgan fingerprint density at radius 3 is 1.57 bits per heavy atom. The number of hydrogen-bond acceptors (Lipinski definition) is 3. The highest BCUT2D eigenvalue weighted by molar-refractivity contribution is 5.83. The number of hydrogen-bond donors (Lipinski definition) is 1. The zero-order valence-corrected chi connectivity index (χ0v) is 17.0. The molecule has 28 heavy (non-hydrogen) atoms. The molecule has 1 N–H and O–H groups in total. The minimum absolute atomic E-state index is 0.241. The maximum absolute atomic E-state index is 10.6. The number of phenolic OH excluding ortho intramolecular Hbond substituents is 1. The Hall–Kier alpha value is -3.07. The molecule has 3 aromatic carbocycles. The summed E-state index contributed by atoms with van der Waals surface area (Å²) in [4.78, 5) is 0. The van der Waals surface area contributed by atoms with Gasteiger partial charge in [-0.25, -0.2) is 5.01 Å². The SMILES string of the molecule is CC(C)c1cc(/C=N\N(c2ccccc2)c2ccccc2)cc(C(C)C)c1O. The quantitative estimate of drug-likeness (QED) is 0.381. The smallest absolute Gasteiger partial charge is 0.122 e. The van der Waals surface area contributed by atoms with Crippen LogP contribution in [0.4, 0.5) is 11.4 Å². The average molecular weight is 373 g/mol. The van der Waals surface area contributed by atoms with Crippen LogP contribution in [-0.2, 0) is 0 Å². The molecule has 3 nitrogen and oxygen atoms in total. The van der Waals surface area contributed by atoms with E-state index in [1.807, 2.05) is 84.0 Å². The number of para-hydroxylation sites is 2. The van der Waals surface area contributed by atoms with E-state index in [-0.39, 0.29) is 11.8 Å². The topological polar surface area (TPSA) is 35.8 Å². The number of phenols is 1. The molecule has 0 spiro atoms. The molecule has 0 aliphatic heterocycles. The average Bonchev–Trinajstić information content (AvgIpc) is 2.70. The van der Waals surface area contributed by atoms with Crippen LogP contribution in [-0.4, -0.2) is 11.3 Å². The lowest BCUT2D eigenvalue weighted by Gasteiger charge is -2.20. The second-order valence-electron chi connectivity index (χ2n) is 7.58. The van der Waals surface area contributed by atoms with Crippen molar-refractivity contribution in [1.82, 2.24) is 0 Å². The molecule has 3 heteroatoms. The van der Waals surface area contributed by atoms with E-state index in [0.717, 1.165) is 28.1 Å². The number of hydrazone groups is 1. The highest BCUT2D eigenvalue weighted by Gasteiger charge is 2.15. The summed E-state index contributed by atoms with van der Waals surface area (Å²) in [6.07, 6.45) is 1.87. The summed E-state index contributed by atoms with van der Waals surface area (Å²) in [5.41, 5.74) is 4.90. The Morgan fingerprint density at radius 2 is 1.18 bits per heavy atom. The lowest BCUT2D eigenvalue weighted by atomic mass is 9.92. The fourth-order valence-electron chi connectivity index (χ4n) is 3.20. The Morgan fingerprint density at radius 1 is 0.750 bits per heavy atom. The van der Waals surface area contributed by atoms with E-state index in [1.54, 1.807) is 0 Å². The fourth-order valence-corrected chi connectivity index (χ4v) is 3.20. The van der Waals surface area contributed by atoms with Gasteiger partial charge in [0.1, 0.15) is 5.75 Å². The Balaban J connectivity index is 2.04. The summed E-state index contributed by atoms with van der Waals surface area (Å²) in [5, 5.41) is 17.4. The molecule has 144 valence electrons. The number of nitrogens with zero attached hydrogens (tertiary/aromatic N) is 2. The molecule has 0 aliphatic rings. The summed E-state index contributed by atoms with van der Waals surface area (Å²) >= 11 is 0. The lowest BCUT2D eigenvalue weighted by molar-refractivity contribution is 0.454. The number of benzene rings is 3.